The number of aliphatic hydroxyl groups is 1. The highest BCUT2D eigenvalue weighted by Gasteiger charge is 2.27. The number of hydrogen-bond acceptors (Lipinski definition) is 8. The zero-order chi connectivity index (χ0) is 43.7. The van der Waals surface area contributed by atoms with E-state index in [1.807, 2.05) is 45.4 Å². The second kappa shape index (κ2) is 39.8. The number of carbonyl (C=O) groups is 2. The van der Waals surface area contributed by atoms with E-state index in [2.05, 4.69) is 44.2 Å². The van der Waals surface area contributed by atoms with Crippen molar-refractivity contribution in [1.29, 1.82) is 0 Å². The molecule has 0 aliphatic carbocycles. The van der Waals surface area contributed by atoms with Crippen LogP contribution < -0.4 is 0 Å². The number of quaternary nitrogens is 1. The molecule has 59 heavy (non-hydrogen) atoms. The topological polar surface area (TPSA) is 129 Å². The van der Waals surface area contributed by atoms with E-state index in [4.69, 9.17) is 18.5 Å². The van der Waals surface area contributed by atoms with Crippen LogP contribution in [0.25, 0.3) is 0 Å². The van der Waals surface area contributed by atoms with Crippen LogP contribution in [-0.2, 0) is 32.7 Å². The van der Waals surface area contributed by atoms with Crippen molar-refractivity contribution in [3.05, 3.63) is 60.8 Å². The molecular formula is C48H87NO9P+. The van der Waals surface area contributed by atoms with Gasteiger partial charge in [-0.15, -0.1) is 0 Å². The first kappa shape index (κ1) is 56.7. The number of aliphatic hydroxyl groups excluding tert-OH is 1. The molecule has 0 saturated heterocycles. The molecule has 3 atom stereocenters. The first-order valence-electron chi connectivity index (χ1n) is 23.1. The molecule has 0 bridgehead atoms. The highest BCUT2D eigenvalue weighted by Crippen LogP contribution is 2.43. The monoisotopic (exact) mass is 853 g/mol. The molecule has 0 spiro atoms. The van der Waals surface area contributed by atoms with E-state index in [9.17, 15) is 24.2 Å². The average Bonchev–Trinajstić information content (AvgIpc) is 3.18. The van der Waals surface area contributed by atoms with Gasteiger partial charge in [-0.05, 0) is 70.6 Å². The summed E-state index contributed by atoms with van der Waals surface area (Å²) >= 11 is 0. The van der Waals surface area contributed by atoms with Gasteiger partial charge in [0.2, 0.25) is 0 Å². The van der Waals surface area contributed by atoms with Crippen molar-refractivity contribution < 1.29 is 47.2 Å². The second-order valence-corrected chi connectivity index (χ2v) is 18.1. The number of unbranched alkanes of at least 4 members (excludes halogenated alkanes) is 17. The van der Waals surface area contributed by atoms with Crippen LogP contribution in [-0.4, -0.2) is 86.1 Å². The second-order valence-electron chi connectivity index (χ2n) is 16.6. The smallest absolute Gasteiger partial charge is 0.462 e. The van der Waals surface area contributed by atoms with Gasteiger partial charge in [0, 0.05) is 12.8 Å². The van der Waals surface area contributed by atoms with Gasteiger partial charge < -0.3 is 24.0 Å². The normalized spacial score (nSPS) is 14.6. The molecule has 2 N–H and O–H groups in total. The van der Waals surface area contributed by atoms with Crippen LogP contribution in [0.4, 0.5) is 0 Å². The molecule has 10 nitrogen and oxygen atoms in total. The fourth-order valence-electron chi connectivity index (χ4n) is 5.96. The molecule has 0 rings (SSSR count). The number of ether oxygens (including phenoxy) is 2. The van der Waals surface area contributed by atoms with E-state index in [-0.39, 0.29) is 26.1 Å². The summed E-state index contributed by atoms with van der Waals surface area (Å²) in [6.07, 6.45) is 44.5. The van der Waals surface area contributed by atoms with Gasteiger partial charge in [0.25, 0.3) is 0 Å². The minimum Gasteiger partial charge on any atom is -0.462 e. The van der Waals surface area contributed by atoms with Crippen molar-refractivity contribution in [2.24, 2.45) is 0 Å². The highest BCUT2D eigenvalue weighted by molar-refractivity contribution is 7.47. The van der Waals surface area contributed by atoms with Crippen molar-refractivity contribution in [3.63, 3.8) is 0 Å². The lowest BCUT2D eigenvalue weighted by Crippen LogP contribution is -2.37. The Balaban J connectivity index is 4.38. The molecule has 0 heterocycles. The predicted octanol–water partition coefficient (Wildman–Crippen LogP) is 12.2. The molecule has 0 fully saturated rings. The molecular weight excluding hydrogens is 766 g/mol. The average molecular weight is 853 g/mol. The van der Waals surface area contributed by atoms with Crippen molar-refractivity contribution in [2.45, 2.75) is 187 Å². The lowest BCUT2D eigenvalue weighted by Gasteiger charge is -2.24. The van der Waals surface area contributed by atoms with Gasteiger partial charge in [-0.2, -0.15) is 0 Å². The lowest BCUT2D eigenvalue weighted by atomic mass is 10.1. The van der Waals surface area contributed by atoms with E-state index < -0.39 is 38.6 Å². The molecule has 0 aromatic heterocycles. The number of hydrogen-bond donors (Lipinski definition) is 2. The van der Waals surface area contributed by atoms with Gasteiger partial charge in [0.05, 0.1) is 33.9 Å². The number of likely N-dealkylation sites (N-methyl/N-ethyl adjacent to an activating group) is 1. The quantitative estimate of drug-likeness (QED) is 0.0154. The molecule has 342 valence electrons. The third-order valence-corrected chi connectivity index (χ3v) is 10.6. The van der Waals surface area contributed by atoms with Crippen LogP contribution in [0, 0.1) is 0 Å². The minimum absolute atomic E-state index is 0.0148. The van der Waals surface area contributed by atoms with Crippen LogP contribution in [0.15, 0.2) is 60.8 Å². The molecule has 0 aliphatic heterocycles. The SMILES string of the molecule is CC/C=C/CC(O)/C=C/C=C/CCCCCCCC(=O)O[C@H](COC(=O)CCCCCCCCCCC/C=C\C/C=C\CCCCC)COP(=O)(O)OCC[N+](C)(C)C. The Morgan fingerprint density at radius 2 is 1.17 bits per heavy atom. The number of phosphoric ester groups is 1. The van der Waals surface area contributed by atoms with Crippen LogP contribution >= 0.6 is 7.82 Å². The number of rotatable bonds is 41. The summed E-state index contributed by atoms with van der Waals surface area (Å²) in [5, 5.41) is 9.89. The third kappa shape index (κ3) is 43.6. The molecule has 2 unspecified atom stereocenters. The van der Waals surface area contributed by atoms with Crippen molar-refractivity contribution in [2.75, 3.05) is 47.5 Å². The molecule has 0 radical (unpaired) electrons. The van der Waals surface area contributed by atoms with Crippen molar-refractivity contribution in [3.8, 4) is 0 Å². The Labute approximate surface area is 360 Å². The highest BCUT2D eigenvalue weighted by atomic mass is 31.2. The standard InChI is InChI=1S/C48H86NO9P/c1-6-8-10-11-12-13-14-15-16-17-18-19-20-21-22-25-28-31-35-39-47(51)55-43-46(44-57-59(53,54)56-42-41-49(3,4)5)58-48(52)40-36-32-29-26-23-24-27-30-34-38-45(50)37-33-9-7-2/h9,12-13,15-16,27,30,33-34,38,45-46,50H,6-8,10-11,14,17-26,28-29,31-32,35-37,39-44H2,1-5H3/p+1/b13-12-,16-15-,30-27+,33-9+,38-34+/t45?,46-/m1/s1. The fourth-order valence-corrected chi connectivity index (χ4v) is 6.70. The summed E-state index contributed by atoms with van der Waals surface area (Å²) in [5.41, 5.74) is 0. The summed E-state index contributed by atoms with van der Waals surface area (Å²) in [4.78, 5) is 35.4. The molecule has 0 aromatic carbocycles. The van der Waals surface area contributed by atoms with Gasteiger partial charge >= 0.3 is 19.8 Å². The molecule has 0 amide bonds. The Morgan fingerprint density at radius 1 is 0.627 bits per heavy atom. The number of nitrogens with zero attached hydrogens (tertiary/aromatic N) is 1. The largest absolute Gasteiger partial charge is 0.472 e. The number of phosphoric acid groups is 1. The minimum atomic E-state index is -4.40. The number of carbonyl (C=O) groups excluding carboxylic acids is 2. The predicted molar refractivity (Wildman–Crippen MR) is 244 cm³/mol. The summed E-state index contributed by atoms with van der Waals surface area (Å²) in [5.74, 6) is -0.860. The Morgan fingerprint density at radius 3 is 1.75 bits per heavy atom. The van der Waals surface area contributed by atoms with E-state index in [1.165, 1.54) is 57.8 Å². The zero-order valence-electron chi connectivity index (χ0n) is 38.1. The van der Waals surface area contributed by atoms with Crippen molar-refractivity contribution >= 4 is 19.8 Å². The van der Waals surface area contributed by atoms with Gasteiger partial charge in [0.1, 0.15) is 19.8 Å². The zero-order valence-corrected chi connectivity index (χ0v) is 39.0. The van der Waals surface area contributed by atoms with Crippen molar-refractivity contribution in [1.82, 2.24) is 0 Å². The molecule has 0 aromatic rings. The van der Waals surface area contributed by atoms with Gasteiger partial charge in [-0.3, -0.25) is 18.6 Å². The maximum Gasteiger partial charge on any atom is 0.472 e. The summed E-state index contributed by atoms with van der Waals surface area (Å²) in [7, 11) is 1.42. The van der Waals surface area contributed by atoms with E-state index in [0.29, 0.717) is 23.9 Å². The maximum atomic E-state index is 12.7. The molecule has 11 heteroatoms. The Kier molecular flexibility index (Phi) is 38.2. The van der Waals surface area contributed by atoms with Crippen LogP contribution in [0.3, 0.4) is 0 Å². The summed E-state index contributed by atoms with van der Waals surface area (Å²) in [6, 6.07) is 0. The van der Waals surface area contributed by atoms with Gasteiger partial charge in [0.15, 0.2) is 6.10 Å². The third-order valence-electron chi connectivity index (χ3n) is 9.61. The number of esters is 2. The Hall–Kier alpha value is -2.33. The first-order valence-corrected chi connectivity index (χ1v) is 24.6. The fraction of sp³-hybridized carbons (Fsp3) is 0.750. The van der Waals surface area contributed by atoms with Gasteiger partial charge in [-0.25, -0.2) is 4.57 Å². The van der Waals surface area contributed by atoms with Crippen LogP contribution in [0.1, 0.15) is 174 Å². The number of allylic oxidation sites excluding steroid dienone is 8. The Bertz CT molecular complexity index is 1210. The first-order chi connectivity index (χ1) is 28.4. The lowest BCUT2D eigenvalue weighted by molar-refractivity contribution is -0.870. The van der Waals surface area contributed by atoms with E-state index >= 15 is 0 Å². The van der Waals surface area contributed by atoms with E-state index in [0.717, 1.165) is 77.0 Å². The van der Waals surface area contributed by atoms with Crippen LogP contribution in [0.2, 0.25) is 0 Å². The maximum absolute atomic E-state index is 12.7. The van der Waals surface area contributed by atoms with Crippen LogP contribution in [0.5, 0.6) is 0 Å². The van der Waals surface area contributed by atoms with Gasteiger partial charge in [-0.1, -0.05) is 152 Å². The van der Waals surface area contributed by atoms with E-state index in [1.54, 1.807) is 6.08 Å². The summed E-state index contributed by atoms with van der Waals surface area (Å²) in [6.45, 7) is 4.13. The summed E-state index contributed by atoms with van der Waals surface area (Å²) < 4.78 is 34.3. The molecule has 0 aliphatic rings. The molecule has 0 saturated carbocycles.